The average molecular weight is 223 g/mol. The van der Waals surface area contributed by atoms with Gasteiger partial charge in [-0.05, 0) is 30.3 Å². The van der Waals surface area contributed by atoms with Gasteiger partial charge in [0.25, 0.3) is 5.91 Å². The van der Waals surface area contributed by atoms with Gasteiger partial charge in [-0.15, -0.1) is 0 Å². The highest BCUT2D eigenvalue weighted by Crippen LogP contribution is 2.10. The molecule has 2 atom stereocenters. The highest BCUT2D eigenvalue weighted by atomic mass is 32.1. The minimum absolute atomic E-state index is 0.0217. The molecular weight excluding hydrogens is 208 g/mol. The number of hydrogen-bond donors (Lipinski definition) is 2. The van der Waals surface area contributed by atoms with E-state index in [1.807, 2.05) is 16.8 Å². The molecule has 0 saturated carbocycles. The minimum Gasteiger partial charge on any atom is -0.348 e. The number of nitrogens with one attached hydrogen (secondary N) is 2. The van der Waals surface area contributed by atoms with Gasteiger partial charge in [0.15, 0.2) is 0 Å². The molecule has 1 radical (unpaired) electrons. The molecule has 0 bridgehead atoms. The summed E-state index contributed by atoms with van der Waals surface area (Å²) < 4.78 is 0. The average Bonchev–Trinajstić information content (AvgIpc) is 2.70. The lowest BCUT2D eigenvalue weighted by Gasteiger charge is -2.27. The van der Waals surface area contributed by atoms with Crippen molar-refractivity contribution >= 4 is 17.2 Å². The van der Waals surface area contributed by atoms with Crippen molar-refractivity contribution in [2.75, 3.05) is 13.1 Å². The monoisotopic (exact) mass is 223 g/mol. The van der Waals surface area contributed by atoms with Crippen LogP contribution in [0.5, 0.6) is 0 Å². The van der Waals surface area contributed by atoms with E-state index in [1.54, 1.807) is 11.3 Å². The Bertz CT molecular complexity index is 323. The summed E-state index contributed by atoms with van der Waals surface area (Å²) in [5.74, 6) is 0.542. The molecule has 15 heavy (non-hydrogen) atoms. The molecule has 1 saturated heterocycles. The lowest BCUT2D eigenvalue weighted by Crippen LogP contribution is -2.48. The van der Waals surface area contributed by atoms with E-state index in [4.69, 9.17) is 0 Å². The van der Waals surface area contributed by atoms with Crippen LogP contribution in [-0.4, -0.2) is 25.0 Å². The summed E-state index contributed by atoms with van der Waals surface area (Å²) in [6.07, 6.45) is 2.20. The Kier molecular flexibility index (Phi) is 3.38. The topological polar surface area (TPSA) is 41.1 Å². The first-order valence-corrected chi connectivity index (χ1v) is 6.09. The molecule has 1 aromatic rings. The quantitative estimate of drug-likeness (QED) is 0.793. The Balaban J connectivity index is 1.89. The second kappa shape index (κ2) is 4.77. The third-order valence-corrected chi connectivity index (χ3v) is 3.17. The summed E-state index contributed by atoms with van der Waals surface area (Å²) >= 11 is 1.54. The maximum Gasteiger partial charge on any atom is 0.252 e. The third-order valence-electron chi connectivity index (χ3n) is 2.49. The predicted molar refractivity (Wildman–Crippen MR) is 61.9 cm³/mol. The summed E-state index contributed by atoms with van der Waals surface area (Å²) in [4.78, 5) is 11.7. The molecule has 1 aliphatic rings. The first-order valence-electron chi connectivity index (χ1n) is 5.14. The zero-order chi connectivity index (χ0) is 10.7. The SMILES string of the molecule is CC1[CH]C(NC(=O)c2ccsc2)CNC1. The van der Waals surface area contributed by atoms with E-state index in [0.717, 1.165) is 18.7 Å². The van der Waals surface area contributed by atoms with Gasteiger partial charge in [0.1, 0.15) is 0 Å². The molecule has 4 heteroatoms. The van der Waals surface area contributed by atoms with E-state index in [1.165, 1.54) is 0 Å². The van der Waals surface area contributed by atoms with Crippen molar-refractivity contribution in [3.05, 3.63) is 28.8 Å². The third kappa shape index (κ3) is 2.79. The van der Waals surface area contributed by atoms with Crippen LogP contribution in [0.25, 0.3) is 0 Å². The molecule has 1 aliphatic heterocycles. The van der Waals surface area contributed by atoms with Crippen LogP contribution in [0.1, 0.15) is 17.3 Å². The molecule has 3 nitrogen and oxygen atoms in total. The van der Waals surface area contributed by atoms with Gasteiger partial charge < -0.3 is 10.6 Å². The number of carbonyl (C=O) groups is 1. The van der Waals surface area contributed by atoms with Crippen molar-refractivity contribution < 1.29 is 4.79 Å². The molecule has 81 valence electrons. The summed E-state index contributed by atoms with van der Waals surface area (Å²) in [6, 6.07) is 2.00. The molecule has 0 aliphatic carbocycles. The normalized spacial score (nSPS) is 26.2. The Morgan fingerprint density at radius 3 is 3.13 bits per heavy atom. The molecule has 1 fully saturated rings. The molecule has 2 heterocycles. The molecule has 1 amide bonds. The summed E-state index contributed by atoms with van der Waals surface area (Å²) in [5.41, 5.74) is 0.756. The zero-order valence-electron chi connectivity index (χ0n) is 8.69. The first kappa shape index (κ1) is 10.6. The van der Waals surface area contributed by atoms with Gasteiger partial charge in [-0.3, -0.25) is 4.79 Å². The van der Waals surface area contributed by atoms with Crippen LogP contribution < -0.4 is 10.6 Å². The van der Waals surface area contributed by atoms with Gasteiger partial charge in [0.2, 0.25) is 0 Å². The van der Waals surface area contributed by atoms with Crippen molar-refractivity contribution in [1.82, 2.24) is 10.6 Å². The lowest BCUT2D eigenvalue weighted by atomic mass is 9.97. The Labute approximate surface area is 93.9 Å². The van der Waals surface area contributed by atoms with Crippen molar-refractivity contribution in [3.63, 3.8) is 0 Å². The Morgan fingerprint density at radius 2 is 2.47 bits per heavy atom. The van der Waals surface area contributed by atoms with Gasteiger partial charge in [-0.25, -0.2) is 0 Å². The highest BCUT2D eigenvalue weighted by molar-refractivity contribution is 7.08. The number of carbonyl (C=O) groups excluding carboxylic acids is 1. The molecule has 1 aromatic heterocycles. The number of thiophene rings is 1. The van der Waals surface area contributed by atoms with E-state index < -0.39 is 0 Å². The number of rotatable bonds is 2. The first-order chi connectivity index (χ1) is 7.25. The Morgan fingerprint density at radius 1 is 1.60 bits per heavy atom. The van der Waals surface area contributed by atoms with Crippen LogP contribution in [0, 0.1) is 12.3 Å². The fourth-order valence-corrected chi connectivity index (χ4v) is 2.38. The predicted octanol–water partition coefficient (Wildman–Crippen LogP) is 1.29. The van der Waals surface area contributed by atoms with Gasteiger partial charge in [-0.2, -0.15) is 11.3 Å². The molecular formula is C11H15N2OS. The van der Waals surface area contributed by atoms with E-state index in [2.05, 4.69) is 24.0 Å². The second-order valence-corrected chi connectivity index (χ2v) is 4.70. The van der Waals surface area contributed by atoms with Crippen LogP contribution in [0.3, 0.4) is 0 Å². The van der Waals surface area contributed by atoms with Crippen molar-refractivity contribution in [3.8, 4) is 0 Å². The van der Waals surface area contributed by atoms with Crippen LogP contribution in [0.2, 0.25) is 0 Å². The maximum absolute atomic E-state index is 11.7. The van der Waals surface area contributed by atoms with E-state index in [9.17, 15) is 4.79 Å². The van der Waals surface area contributed by atoms with Gasteiger partial charge in [0, 0.05) is 23.5 Å². The summed E-state index contributed by atoms with van der Waals surface area (Å²) in [5, 5.41) is 10.1. The largest absolute Gasteiger partial charge is 0.348 e. The van der Waals surface area contributed by atoms with Gasteiger partial charge in [0.05, 0.1) is 0 Å². The van der Waals surface area contributed by atoms with Crippen LogP contribution in [-0.2, 0) is 0 Å². The number of piperidine rings is 1. The van der Waals surface area contributed by atoms with Gasteiger partial charge >= 0.3 is 0 Å². The fraction of sp³-hybridized carbons (Fsp3) is 0.455. The fourth-order valence-electron chi connectivity index (χ4n) is 1.74. The molecule has 2 rings (SSSR count). The van der Waals surface area contributed by atoms with E-state index in [0.29, 0.717) is 5.92 Å². The number of hydrogen-bond acceptors (Lipinski definition) is 3. The molecule has 0 aromatic carbocycles. The van der Waals surface area contributed by atoms with Crippen LogP contribution in [0.4, 0.5) is 0 Å². The molecule has 2 unspecified atom stereocenters. The second-order valence-electron chi connectivity index (χ2n) is 3.92. The molecule has 0 spiro atoms. The number of amides is 1. The van der Waals surface area contributed by atoms with Crippen molar-refractivity contribution in [1.29, 1.82) is 0 Å². The summed E-state index contributed by atoms with van der Waals surface area (Å²) in [6.45, 7) is 3.99. The van der Waals surface area contributed by atoms with Crippen molar-refractivity contribution in [2.45, 2.75) is 13.0 Å². The van der Waals surface area contributed by atoms with E-state index >= 15 is 0 Å². The summed E-state index contributed by atoms with van der Waals surface area (Å²) in [7, 11) is 0. The Hall–Kier alpha value is -0.870. The maximum atomic E-state index is 11.7. The van der Waals surface area contributed by atoms with Crippen LogP contribution >= 0.6 is 11.3 Å². The smallest absolute Gasteiger partial charge is 0.252 e. The van der Waals surface area contributed by atoms with Crippen molar-refractivity contribution in [2.24, 2.45) is 5.92 Å². The highest BCUT2D eigenvalue weighted by Gasteiger charge is 2.20. The van der Waals surface area contributed by atoms with E-state index in [-0.39, 0.29) is 11.9 Å². The standard InChI is InChI=1S/C11H15N2OS/c1-8-4-10(6-12-5-8)13-11(14)9-2-3-15-7-9/h2-4,7-8,10,12H,5-6H2,1H3,(H,13,14). The lowest BCUT2D eigenvalue weighted by molar-refractivity contribution is 0.0937. The minimum atomic E-state index is 0.0217. The molecule has 2 N–H and O–H groups in total. The van der Waals surface area contributed by atoms with Crippen LogP contribution in [0.15, 0.2) is 16.8 Å². The van der Waals surface area contributed by atoms with Gasteiger partial charge in [-0.1, -0.05) is 6.92 Å². The zero-order valence-corrected chi connectivity index (χ0v) is 9.51.